The molecule has 1 atom stereocenters. The molecule has 294 valence electrons. The number of hydrogen-bond acceptors (Lipinski definition) is 11. The van der Waals surface area contributed by atoms with Gasteiger partial charge in [0, 0.05) is 69.9 Å². The summed E-state index contributed by atoms with van der Waals surface area (Å²) in [6, 6.07) is 17.4. The van der Waals surface area contributed by atoms with Gasteiger partial charge in [-0.1, -0.05) is 24.8 Å². The van der Waals surface area contributed by atoms with Crippen molar-refractivity contribution in [1.82, 2.24) is 19.8 Å². The maximum absolute atomic E-state index is 14.8. The van der Waals surface area contributed by atoms with Crippen LogP contribution in [0, 0.1) is 11.6 Å². The average Bonchev–Trinajstić information content (AvgIpc) is 3.96. The van der Waals surface area contributed by atoms with Gasteiger partial charge in [0.05, 0.1) is 36.8 Å². The van der Waals surface area contributed by atoms with Crippen LogP contribution in [-0.4, -0.2) is 90.7 Å². The number of nitrogens with zero attached hydrogens (tertiary/aromatic N) is 6. The fourth-order valence-electron chi connectivity index (χ4n) is 8.06. The van der Waals surface area contributed by atoms with E-state index >= 15 is 0 Å². The van der Waals surface area contributed by atoms with E-state index < -0.39 is 5.82 Å². The lowest BCUT2D eigenvalue weighted by molar-refractivity contribution is -0.111. The van der Waals surface area contributed by atoms with Crippen LogP contribution in [0.1, 0.15) is 49.3 Å². The number of rotatable bonds is 13. The van der Waals surface area contributed by atoms with Crippen molar-refractivity contribution in [2.24, 2.45) is 0 Å². The highest BCUT2D eigenvalue weighted by Gasteiger charge is 2.34. The van der Waals surface area contributed by atoms with Crippen molar-refractivity contribution < 1.29 is 27.9 Å². The van der Waals surface area contributed by atoms with Gasteiger partial charge in [-0.05, 0) is 73.2 Å². The van der Waals surface area contributed by atoms with Crippen LogP contribution in [0.15, 0.2) is 79.6 Å². The van der Waals surface area contributed by atoms with Crippen LogP contribution in [0.2, 0.25) is 0 Å². The van der Waals surface area contributed by atoms with Gasteiger partial charge in [-0.25, -0.2) is 23.8 Å². The summed E-state index contributed by atoms with van der Waals surface area (Å²) >= 11 is 0. The van der Waals surface area contributed by atoms with Gasteiger partial charge in [-0.15, -0.1) is 0 Å². The largest absolute Gasteiger partial charge is 0.494 e. The molecule has 2 N–H and O–H groups in total. The van der Waals surface area contributed by atoms with Crippen LogP contribution in [0.5, 0.6) is 11.5 Å². The number of piperazine rings is 1. The summed E-state index contributed by atoms with van der Waals surface area (Å²) in [6.45, 7) is 10.4. The lowest BCUT2D eigenvalue weighted by atomic mass is 10.0. The van der Waals surface area contributed by atoms with Crippen LogP contribution < -0.4 is 30.1 Å². The van der Waals surface area contributed by atoms with Gasteiger partial charge < -0.3 is 25.0 Å². The molecule has 12 nitrogen and oxygen atoms in total. The second-order valence-corrected chi connectivity index (χ2v) is 14.7. The highest BCUT2D eigenvalue weighted by Crippen LogP contribution is 2.41. The number of nitrogens with one attached hydrogen (secondary N) is 2. The molecule has 4 fully saturated rings. The smallest absolute Gasteiger partial charge is 0.247 e. The molecule has 8 rings (SSSR count). The highest BCUT2D eigenvalue weighted by atomic mass is 19.1. The van der Waals surface area contributed by atoms with Crippen molar-refractivity contribution in [3.8, 4) is 11.5 Å². The van der Waals surface area contributed by atoms with Gasteiger partial charge >= 0.3 is 0 Å². The van der Waals surface area contributed by atoms with E-state index in [2.05, 4.69) is 41.9 Å². The molecular weight excluding hydrogens is 719 g/mol. The first kappa shape index (κ1) is 37.6. The summed E-state index contributed by atoms with van der Waals surface area (Å²) in [5.41, 5.74) is 3.48. The highest BCUT2D eigenvalue weighted by molar-refractivity contribution is 6.02. The zero-order valence-corrected chi connectivity index (χ0v) is 31.6. The van der Waals surface area contributed by atoms with Crippen LogP contribution in [0.25, 0.3) is 0 Å². The maximum Gasteiger partial charge on any atom is 0.247 e. The molecule has 1 amide bonds. The molecule has 1 saturated carbocycles. The first-order chi connectivity index (χ1) is 27.3. The zero-order chi connectivity index (χ0) is 38.6. The number of ether oxygens (including phenoxy) is 2. The Bertz CT molecular complexity index is 2030. The van der Waals surface area contributed by atoms with E-state index in [-0.39, 0.29) is 30.1 Å². The van der Waals surface area contributed by atoms with E-state index in [1.54, 1.807) is 42.5 Å². The van der Waals surface area contributed by atoms with Crippen molar-refractivity contribution in [2.75, 3.05) is 73.6 Å². The number of piperidine rings is 1. The van der Waals surface area contributed by atoms with Crippen molar-refractivity contribution in [1.29, 1.82) is 0 Å². The Morgan fingerprint density at radius 1 is 0.893 bits per heavy atom. The third-order valence-corrected chi connectivity index (χ3v) is 11.2. The fourth-order valence-corrected chi connectivity index (χ4v) is 8.06. The van der Waals surface area contributed by atoms with Crippen LogP contribution >= 0.6 is 0 Å². The third kappa shape index (κ3) is 8.57. The molecule has 0 bridgehead atoms. The Hall–Kier alpha value is -5.31. The topological polar surface area (TPSA) is 108 Å². The molecule has 1 aliphatic carbocycles. The first-order valence-corrected chi connectivity index (χ1v) is 19.4. The number of aromatic nitrogens is 2. The van der Waals surface area contributed by atoms with Gasteiger partial charge in [-0.3, -0.25) is 19.4 Å². The molecule has 0 radical (unpaired) electrons. The monoisotopic (exact) mass is 766 g/mol. The third-order valence-electron chi connectivity index (χ3n) is 11.2. The number of carbonyl (C=O) groups excluding carboxylic acids is 1. The van der Waals surface area contributed by atoms with E-state index in [9.17, 15) is 13.6 Å². The van der Waals surface area contributed by atoms with Gasteiger partial charge in [0.2, 0.25) is 5.91 Å². The van der Waals surface area contributed by atoms with Crippen LogP contribution in [0.3, 0.4) is 0 Å². The fraction of sp³-hybridized carbons (Fsp3) is 0.405. The number of benzene rings is 3. The molecule has 56 heavy (non-hydrogen) atoms. The number of carbonyl (C=O) groups is 1. The summed E-state index contributed by atoms with van der Waals surface area (Å²) in [4.78, 5) is 35.3. The minimum absolute atomic E-state index is 0.0178. The van der Waals surface area contributed by atoms with Gasteiger partial charge in [0.15, 0.2) is 17.4 Å². The number of methoxy groups -OCH3 is 1. The van der Waals surface area contributed by atoms with E-state index in [0.29, 0.717) is 53.4 Å². The second-order valence-electron chi connectivity index (χ2n) is 14.7. The van der Waals surface area contributed by atoms with E-state index in [1.807, 2.05) is 12.1 Å². The van der Waals surface area contributed by atoms with Crippen LogP contribution in [0.4, 0.5) is 37.5 Å². The molecule has 1 aromatic heterocycles. The van der Waals surface area contributed by atoms with E-state index in [1.165, 1.54) is 56.5 Å². The Morgan fingerprint density at radius 3 is 2.38 bits per heavy atom. The molecule has 3 aliphatic heterocycles. The number of amides is 1. The standard InChI is InChI=1S/C42H48F2N8O4/c1-3-42(53)48-34-23-35(39(54-2)24-37(34)51-14-11-32(12-15-51)50-18-16-49(17-19-50)31-8-9-31)47-40-25-41(46-27-45-40)52-36(13-20-56-52)29-7-10-33(44)38(22-29)55-26-28-5-4-6-30(43)21-28/h3-7,10,21-25,27,31-32,36H,1,8-9,11-20,26H2,2H3,(H,48,53)(H,45,46,47). The predicted octanol–water partition coefficient (Wildman–Crippen LogP) is 6.84. The zero-order valence-electron chi connectivity index (χ0n) is 31.6. The SMILES string of the molecule is C=CC(=O)Nc1cc(Nc2cc(N3OCCC3c3ccc(F)c(OCc4cccc(F)c4)c3)ncn2)c(OC)cc1N1CCC(N2CCN(C3CC3)CC2)CC1. The molecular formula is C42H48F2N8O4. The molecule has 4 aromatic rings. The van der Waals surface area contributed by atoms with E-state index in [4.69, 9.17) is 14.3 Å². The van der Waals surface area contributed by atoms with Gasteiger partial charge in [0.1, 0.15) is 30.3 Å². The number of halogens is 2. The molecule has 0 spiro atoms. The summed E-state index contributed by atoms with van der Waals surface area (Å²) in [7, 11) is 1.62. The molecule has 4 aliphatic rings. The van der Waals surface area contributed by atoms with Crippen molar-refractivity contribution in [3.05, 3.63) is 102 Å². The number of hydroxylamine groups is 1. The van der Waals surface area contributed by atoms with Crippen molar-refractivity contribution in [2.45, 2.75) is 56.8 Å². The maximum atomic E-state index is 14.8. The molecule has 4 heterocycles. The van der Waals surface area contributed by atoms with Crippen LogP contribution in [-0.2, 0) is 16.2 Å². The average molecular weight is 767 g/mol. The molecule has 1 unspecified atom stereocenters. The lowest BCUT2D eigenvalue weighted by Gasteiger charge is -2.43. The van der Waals surface area contributed by atoms with Crippen molar-refractivity contribution in [3.63, 3.8) is 0 Å². The molecule has 3 aromatic carbocycles. The molecule has 3 saturated heterocycles. The predicted molar refractivity (Wildman–Crippen MR) is 211 cm³/mol. The minimum Gasteiger partial charge on any atom is -0.494 e. The Balaban J connectivity index is 0.972. The van der Waals surface area contributed by atoms with Gasteiger partial charge in [0.25, 0.3) is 0 Å². The van der Waals surface area contributed by atoms with Crippen molar-refractivity contribution >= 4 is 34.6 Å². The quantitative estimate of drug-likeness (QED) is 0.140. The van der Waals surface area contributed by atoms with Gasteiger partial charge in [-0.2, -0.15) is 0 Å². The summed E-state index contributed by atoms with van der Waals surface area (Å²) in [5, 5.41) is 8.06. The first-order valence-electron chi connectivity index (χ1n) is 19.4. The summed E-state index contributed by atoms with van der Waals surface area (Å²) in [6.07, 6.45) is 8.13. The molecule has 14 heteroatoms. The Labute approximate surface area is 326 Å². The Kier molecular flexibility index (Phi) is 11.3. The second kappa shape index (κ2) is 16.8. The normalized spacial score (nSPS) is 19.5. The number of anilines is 5. The summed E-state index contributed by atoms with van der Waals surface area (Å²) in [5.74, 6) is 0.395. The minimum atomic E-state index is -0.519. The lowest BCUT2D eigenvalue weighted by Crippen LogP contribution is -2.53. The number of hydrogen-bond donors (Lipinski definition) is 2. The Morgan fingerprint density at radius 2 is 1.66 bits per heavy atom. The van der Waals surface area contributed by atoms with E-state index in [0.717, 1.165) is 56.3 Å². The summed E-state index contributed by atoms with van der Waals surface area (Å²) < 4.78 is 40.2.